The first-order valence-corrected chi connectivity index (χ1v) is 14.9. The average Bonchev–Trinajstić information content (AvgIpc) is 3.39. The smallest absolute Gasteiger partial charge is 0.227 e. The molecule has 1 aliphatic heterocycles. The summed E-state index contributed by atoms with van der Waals surface area (Å²) in [5.74, 6) is 1.60. The lowest BCUT2D eigenvalue weighted by molar-refractivity contribution is -0.141. The number of carbonyl (C=O) groups is 1. The van der Waals surface area contributed by atoms with Crippen molar-refractivity contribution in [3.05, 3.63) is 94.9 Å². The van der Waals surface area contributed by atoms with Crippen molar-refractivity contribution in [1.29, 1.82) is 0 Å². The fourth-order valence-electron chi connectivity index (χ4n) is 7.66. The number of rotatable bonds is 7. The van der Waals surface area contributed by atoms with Crippen molar-refractivity contribution >= 4 is 16.8 Å². The number of nitrogens with zero attached hydrogens (tertiary/aromatic N) is 2. The van der Waals surface area contributed by atoms with E-state index in [1.165, 1.54) is 16.6 Å². The molecule has 6 nitrogen and oxygen atoms in total. The first-order chi connectivity index (χ1) is 20.3. The van der Waals surface area contributed by atoms with E-state index in [4.69, 9.17) is 9.47 Å². The number of amides is 1. The van der Waals surface area contributed by atoms with Gasteiger partial charge >= 0.3 is 0 Å². The fourth-order valence-corrected chi connectivity index (χ4v) is 7.66. The Kier molecular flexibility index (Phi) is 7.71. The molecule has 0 radical (unpaired) electrons. The van der Waals surface area contributed by atoms with Crippen molar-refractivity contribution in [3.63, 3.8) is 0 Å². The van der Waals surface area contributed by atoms with Crippen LogP contribution in [-0.2, 0) is 23.2 Å². The molecule has 1 atom stereocenters. The van der Waals surface area contributed by atoms with Crippen LogP contribution in [0.25, 0.3) is 10.9 Å². The Balaban J connectivity index is 1.34. The molecule has 1 aliphatic carbocycles. The van der Waals surface area contributed by atoms with Gasteiger partial charge in [0.15, 0.2) is 11.5 Å². The molecular weight excluding hydrogens is 529 g/mol. The SMILES string of the molecule is COc1ccc(CC(=O)N2CCc3c([nH]c4ccccc34)C23CCC(C(c2ccc(F)cc2)N(C)C)CC3)cc1OC. The summed E-state index contributed by atoms with van der Waals surface area (Å²) in [6.07, 6.45) is 4.82. The van der Waals surface area contributed by atoms with Gasteiger partial charge in [-0.15, -0.1) is 0 Å². The molecule has 1 amide bonds. The standard InChI is InChI=1S/C35H40FN3O3/c1-38(2)33(24-10-12-26(36)13-11-24)25-15-18-35(19-16-25)34-28(27-7-5-6-8-29(27)37-34)17-20-39(35)32(40)22-23-9-14-30(41-3)31(21-23)42-4/h5-14,21,25,33,37H,15-20,22H2,1-4H3. The number of hydrogen-bond acceptors (Lipinski definition) is 4. The molecule has 2 aliphatic rings. The quantitative estimate of drug-likeness (QED) is 0.271. The molecule has 1 fully saturated rings. The van der Waals surface area contributed by atoms with E-state index in [0.29, 0.717) is 30.4 Å². The maximum atomic E-state index is 14.2. The van der Waals surface area contributed by atoms with Crippen molar-refractivity contribution in [2.45, 2.75) is 50.1 Å². The molecule has 1 unspecified atom stereocenters. The first-order valence-electron chi connectivity index (χ1n) is 14.9. The Labute approximate surface area is 247 Å². The van der Waals surface area contributed by atoms with Crippen molar-refractivity contribution in [1.82, 2.24) is 14.8 Å². The first kappa shape index (κ1) is 28.3. The second-order valence-electron chi connectivity index (χ2n) is 12.0. The number of fused-ring (bicyclic) bond motifs is 4. The van der Waals surface area contributed by atoms with Crippen LogP contribution < -0.4 is 9.47 Å². The van der Waals surface area contributed by atoms with Gasteiger partial charge in [0.05, 0.1) is 26.2 Å². The molecule has 1 saturated carbocycles. The summed E-state index contributed by atoms with van der Waals surface area (Å²) in [6, 6.07) is 21.4. The summed E-state index contributed by atoms with van der Waals surface area (Å²) >= 11 is 0. The summed E-state index contributed by atoms with van der Waals surface area (Å²) in [4.78, 5) is 22.4. The van der Waals surface area contributed by atoms with E-state index in [1.807, 2.05) is 30.3 Å². The average molecular weight is 570 g/mol. The fraction of sp³-hybridized carbons (Fsp3) is 0.400. The topological polar surface area (TPSA) is 57.8 Å². The molecule has 220 valence electrons. The minimum absolute atomic E-state index is 0.132. The van der Waals surface area contributed by atoms with Gasteiger partial charge in [0.2, 0.25) is 5.91 Å². The molecule has 3 aromatic carbocycles. The Morgan fingerprint density at radius 3 is 2.43 bits per heavy atom. The molecule has 6 rings (SSSR count). The highest BCUT2D eigenvalue weighted by molar-refractivity contribution is 5.87. The molecule has 1 spiro atoms. The molecule has 0 bridgehead atoms. The van der Waals surface area contributed by atoms with Gasteiger partial charge in [0.25, 0.3) is 0 Å². The van der Waals surface area contributed by atoms with E-state index < -0.39 is 5.54 Å². The molecule has 7 heteroatoms. The van der Waals surface area contributed by atoms with E-state index in [1.54, 1.807) is 26.4 Å². The predicted octanol–water partition coefficient (Wildman–Crippen LogP) is 6.64. The van der Waals surface area contributed by atoms with Crippen molar-refractivity contribution in [2.75, 3.05) is 34.9 Å². The minimum Gasteiger partial charge on any atom is -0.493 e. The monoisotopic (exact) mass is 569 g/mol. The van der Waals surface area contributed by atoms with Crippen LogP contribution in [0.3, 0.4) is 0 Å². The third-order valence-corrected chi connectivity index (χ3v) is 9.56. The van der Waals surface area contributed by atoms with Gasteiger partial charge in [-0.05, 0) is 99.1 Å². The van der Waals surface area contributed by atoms with E-state index in [-0.39, 0.29) is 17.8 Å². The molecule has 1 N–H and O–H groups in total. The zero-order chi connectivity index (χ0) is 29.4. The Morgan fingerprint density at radius 1 is 1.02 bits per heavy atom. The van der Waals surface area contributed by atoms with Crippen molar-refractivity contribution in [3.8, 4) is 11.5 Å². The lowest BCUT2D eigenvalue weighted by atomic mass is 9.68. The number of halogens is 1. The van der Waals surface area contributed by atoms with E-state index in [9.17, 15) is 9.18 Å². The maximum absolute atomic E-state index is 14.2. The van der Waals surface area contributed by atoms with E-state index >= 15 is 0 Å². The Bertz CT molecular complexity index is 1570. The Morgan fingerprint density at radius 2 is 1.74 bits per heavy atom. The Hall–Kier alpha value is -3.84. The molecule has 42 heavy (non-hydrogen) atoms. The van der Waals surface area contributed by atoms with Crippen LogP contribution in [0.4, 0.5) is 4.39 Å². The highest BCUT2D eigenvalue weighted by Crippen LogP contribution is 2.51. The number of H-pyrrole nitrogens is 1. The maximum Gasteiger partial charge on any atom is 0.227 e. The lowest BCUT2D eigenvalue weighted by Crippen LogP contribution is -2.56. The number of nitrogens with one attached hydrogen (secondary N) is 1. The summed E-state index contributed by atoms with van der Waals surface area (Å²) in [6.45, 7) is 0.695. The normalized spacial score (nSPS) is 21.0. The number of aromatic amines is 1. The van der Waals surface area contributed by atoms with Gasteiger partial charge in [-0.3, -0.25) is 4.79 Å². The second-order valence-corrected chi connectivity index (χ2v) is 12.0. The number of carbonyl (C=O) groups excluding carboxylic acids is 1. The van der Waals surface area contributed by atoms with Crippen molar-refractivity contribution < 1.29 is 18.7 Å². The largest absolute Gasteiger partial charge is 0.493 e. The van der Waals surface area contributed by atoms with Crippen LogP contribution >= 0.6 is 0 Å². The minimum atomic E-state index is -0.392. The van der Waals surface area contributed by atoms with Gasteiger partial charge in [0, 0.05) is 29.2 Å². The van der Waals surface area contributed by atoms with Gasteiger partial charge in [0.1, 0.15) is 5.82 Å². The number of methoxy groups -OCH3 is 2. The summed E-state index contributed by atoms with van der Waals surface area (Å²) in [5, 5.41) is 1.26. The second kappa shape index (κ2) is 11.4. The summed E-state index contributed by atoms with van der Waals surface area (Å²) < 4.78 is 24.7. The summed E-state index contributed by atoms with van der Waals surface area (Å²) in [7, 11) is 7.44. The van der Waals surface area contributed by atoms with Crippen molar-refractivity contribution in [2.24, 2.45) is 5.92 Å². The molecule has 2 heterocycles. The van der Waals surface area contributed by atoms with Crippen LogP contribution in [0.1, 0.15) is 54.1 Å². The zero-order valence-electron chi connectivity index (χ0n) is 25.0. The van der Waals surface area contributed by atoms with Gasteiger partial charge < -0.3 is 24.3 Å². The third-order valence-electron chi connectivity index (χ3n) is 9.56. The molecule has 4 aromatic rings. The zero-order valence-corrected chi connectivity index (χ0v) is 25.0. The lowest BCUT2D eigenvalue weighted by Gasteiger charge is -2.52. The highest BCUT2D eigenvalue weighted by Gasteiger charge is 2.49. The van der Waals surface area contributed by atoms with Crippen LogP contribution in [0.2, 0.25) is 0 Å². The van der Waals surface area contributed by atoms with Crippen LogP contribution in [0, 0.1) is 11.7 Å². The highest BCUT2D eigenvalue weighted by atomic mass is 19.1. The van der Waals surface area contributed by atoms with E-state index in [2.05, 4.69) is 53.1 Å². The number of ether oxygens (including phenoxy) is 2. The summed E-state index contributed by atoms with van der Waals surface area (Å²) in [5.41, 5.74) is 5.34. The molecule has 1 aromatic heterocycles. The number of para-hydroxylation sites is 1. The van der Waals surface area contributed by atoms with Gasteiger partial charge in [-0.2, -0.15) is 0 Å². The molecule has 0 saturated heterocycles. The number of benzene rings is 3. The van der Waals surface area contributed by atoms with Crippen LogP contribution in [-0.4, -0.2) is 55.6 Å². The third kappa shape index (κ3) is 4.94. The number of hydrogen-bond donors (Lipinski definition) is 1. The predicted molar refractivity (Wildman–Crippen MR) is 163 cm³/mol. The van der Waals surface area contributed by atoms with Gasteiger partial charge in [-0.1, -0.05) is 36.4 Å². The van der Waals surface area contributed by atoms with Crippen LogP contribution in [0.15, 0.2) is 66.7 Å². The van der Waals surface area contributed by atoms with Gasteiger partial charge in [-0.25, -0.2) is 4.39 Å². The van der Waals surface area contributed by atoms with E-state index in [0.717, 1.165) is 48.7 Å². The number of aromatic nitrogens is 1. The molecular formula is C35H40FN3O3. The van der Waals surface area contributed by atoms with Crippen LogP contribution in [0.5, 0.6) is 11.5 Å².